The lowest BCUT2D eigenvalue weighted by Gasteiger charge is -2.30. The normalized spacial score (nSPS) is 15.5. The number of rotatable bonds is 7. The molecule has 1 saturated heterocycles. The third-order valence-corrected chi connectivity index (χ3v) is 6.85. The average Bonchev–Trinajstić information content (AvgIpc) is 2.77. The van der Waals surface area contributed by atoms with E-state index in [-0.39, 0.29) is 42.3 Å². The lowest BCUT2D eigenvalue weighted by atomic mass is 9.97. The molecule has 2 amide bonds. The lowest BCUT2D eigenvalue weighted by molar-refractivity contribution is -0.129. The molecule has 30 heavy (non-hydrogen) atoms. The van der Waals surface area contributed by atoms with E-state index in [1.165, 1.54) is 16.4 Å². The molecule has 0 saturated carbocycles. The molecule has 2 heterocycles. The molecule has 1 aliphatic rings. The summed E-state index contributed by atoms with van der Waals surface area (Å²) in [6, 6.07) is 8.24. The zero-order valence-corrected chi connectivity index (χ0v) is 17.1. The van der Waals surface area contributed by atoms with Crippen LogP contribution >= 0.6 is 0 Å². The second-order valence-electron chi connectivity index (χ2n) is 6.98. The first-order valence-electron chi connectivity index (χ1n) is 9.55. The van der Waals surface area contributed by atoms with Crippen molar-refractivity contribution in [2.24, 2.45) is 5.92 Å². The Morgan fingerprint density at radius 3 is 2.30 bits per heavy atom. The molecule has 0 aliphatic carbocycles. The number of aromatic nitrogens is 1. The van der Waals surface area contributed by atoms with Crippen LogP contribution in [0.5, 0.6) is 0 Å². The van der Waals surface area contributed by atoms with Crippen LogP contribution in [0.3, 0.4) is 0 Å². The maximum absolute atomic E-state index is 13.0. The van der Waals surface area contributed by atoms with E-state index in [2.05, 4.69) is 15.6 Å². The monoisotopic (exact) mass is 434 g/mol. The number of amides is 2. The molecule has 8 nitrogen and oxygen atoms in total. The van der Waals surface area contributed by atoms with Crippen molar-refractivity contribution in [1.29, 1.82) is 0 Å². The molecular formula is C20H23FN4O4S. The number of sulfonamides is 1. The summed E-state index contributed by atoms with van der Waals surface area (Å²) in [7, 11) is -3.72. The number of hydrogen-bond donors (Lipinski definition) is 2. The van der Waals surface area contributed by atoms with Crippen LogP contribution < -0.4 is 10.6 Å². The Bertz CT molecular complexity index is 976. The summed E-state index contributed by atoms with van der Waals surface area (Å²) >= 11 is 0. The predicted molar refractivity (Wildman–Crippen MR) is 107 cm³/mol. The van der Waals surface area contributed by atoms with Gasteiger partial charge < -0.3 is 10.6 Å². The third kappa shape index (κ3) is 5.61. The van der Waals surface area contributed by atoms with Gasteiger partial charge in [-0.2, -0.15) is 4.31 Å². The molecule has 1 fully saturated rings. The highest BCUT2D eigenvalue weighted by molar-refractivity contribution is 7.89. The number of nitrogens with one attached hydrogen (secondary N) is 2. The SMILES string of the molecule is O=C(CNC(=O)C1CCN(S(=O)(=O)c2ccc(F)cc2)CC1)NCc1ccncc1. The van der Waals surface area contributed by atoms with Crippen molar-refractivity contribution in [1.82, 2.24) is 19.9 Å². The van der Waals surface area contributed by atoms with E-state index in [1.807, 2.05) is 0 Å². The van der Waals surface area contributed by atoms with Crippen molar-refractivity contribution >= 4 is 21.8 Å². The Morgan fingerprint density at radius 1 is 1.03 bits per heavy atom. The Labute approximate surface area is 174 Å². The van der Waals surface area contributed by atoms with Crippen molar-refractivity contribution in [2.45, 2.75) is 24.3 Å². The van der Waals surface area contributed by atoms with Gasteiger partial charge in [-0.15, -0.1) is 0 Å². The van der Waals surface area contributed by atoms with Crippen LogP contribution in [-0.2, 0) is 26.2 Å². The van der Waals surface area contributed by atoms with Gasteiger partial charge in [-0.3, -0.25) is 14.6 Å². The van der Waals surface area contributed by atoms with Gasteiger partial charge >= 0.3 is 0 Å². The molecule has 1 aromatic carbocycles. The van der Waals surface area contributed by atoms with Gasteiger partial charge in [0, 0.05) is 37.9 Å². The topological polar surface area (TPSA) is 108 Å². The number of carbonyl (C=O) groups excluding carboxylic acids is 2. The van der Waals surface area contributed by atoms with E-state index < -0.39 is 15.8 Å². The standard InChI is InChI=1S/C20H23FN4O4S/c21-17-1-3-18(4-2-17)30(28,29)25-11-7-16(8-12-25)20(27)24-14-19(26)23-13-15-5-9-22-10-6-15/h1-6,9-10,16H,7-8,11-14H2,(H,23,26)(H,24,27). The second kappa shape index (κ2) is 9.77. The summed E-state index contributed by atoms with van der Waals surface area (Å²) in [6.45, 7) is 0.576. The van der Waals surface area contributed by atoms with Gasteiger partial charge in [-0.1, -0.05) is 0 Å². The maximum Gasteiger partial charge on any atom is 0.243 e. The Hall–Kier alpha value is -2.85. The first-order chi connectivity index (χ1) is 14.4. The van der Waals surface area contributed by atoms with Crippen molar-refractivity contribution < 1.29 is 22.4 Å². The highest BCUT2D eigenvalue weighted by atomic mass is 32.2. The van der Waals surface area contributed by atoms with Gasteiger partial charge in [0.1, 0.15) is 5.82 Å². The van der Waals surface area contributed by atoms with Crippen molar-refractivity contribution in [3.8, 4) is 0 Å². The first kappa shape index (κ1) is 21.8. The molecule has 2 aromatic rings. The fourth-order valence-electron chi connectivity index (χ4n) is 3.19. The van der Waals surface area contributed by atoms with Crippen molar-refractivity contribution in [3.63, 3.8) is 0 Å². The summed E-state index contributed by atoms with van der Waals surface area (Å²) < 4.78 is 39.6. The van der Waals surface area contributed by atoms with Crippen LogP contribution in [0.4, 0.5) is 4.39 Å². The first-order valence-corrected chi connectivity index (χ1v) is 11.0. The minimum Gasteiger partial charge on any atom is -0.350 e. The number of benzene rings is 1. The molecule has 1 aromatic heterocycles. The summed E-state index contributed by atoms with van der Waals surface area (Å²) in [6.07, 6.45) is 3.97. The van der Waals surface area contributed by atoms with Gasteiger partial charge in [0.2, 0.25) is 21.8 Å². The molecular weight excluding hydrogens is 411 g/mol. The zero-order valence-electron chi connectivity index (χ0n) is 16.3. The van der Waals surface area contributed by atoms with E-state index in [0.29, 0.717) is 19.4 Å². The Balaban J connectivity index is 1.43. The molecule has 0 unspecified atom stereocenters. The molecule has 0 bridgehead atoms. The number of pyridine rings is 1. The van der Waals surface area contributed by atoms with E-state index >= 15 is 0 Å². The Morgan fingerprint density at radius 2 is 1.67 bits per heavy atom. The fraction of sp³-hybridized carbons (Fsp3) is 0.350. The van der Waals surface area contributed by atoms with E-state index in [4.69, 9.17) is 0 Å². The summed E-state index contributed by atoms with van der Waals surface area (Å²) in [5.41, 5.74) is 0.902. The van der Waals surface area contributed by atoms with Gasteiger partial charge in [0.25, 0.3) is 0 Å². The van der Waals surface area contributed by atoms with Crippen LogP contribution in [0.1, 0.15) is 18.4 Å². The summed E-state index contributed by atoms with van der Waals surface area (Å²) in [5.74, 6) is -1.45. The number of piperidine rings is 1. The molecule has 160 valence electrons. The quantitative estimate of drug-likeness (QED) is 0.677. The summed E-state index contributed by atoms with van der Waals surface area (Å²) in [4.78, 5) is 28.2. The van der Waals surface area contributed by atoms with Crippen LogP contribution in [0, 0.1) is 11.7 Å². The van der Waals surface area contributed by atoms with Crippen molar-refractivity contribution in [2.75, 3.05) is 19.6 Å². The molecule has 0 spiro atoms. The van der Waals surface area contributed by atoms with E-state index in [0.717, 1.165) is 17.7 Å². The van der Waals surface area contributed by atoms with Crippen molar-refractivity contribution in [3.05, 3.63) is 60.2 Å². The fourth-order valence-corrected chi connectivity index (χ4v) is 4.66. The molecule has 1 aliphatic heterocycles. The Kier molecular flexibility index (Phi) is 7.11. The largest absolute Gasteiger partial charge is 0.350 e. The maximum atomic E-state index is 13.0. The lowest BCUT2D eigenvalue weighted by Crippen LogP contribution is -2.45. The molecule has 3 rings (SSSR count). The van der Waals surface area contributed by atoms with Crippen LogP contribution in [0.15, 0.2) is 53.7 Å². The summed E-state index contributed by atoms with van der Waals surface area (Å²) in [5, 5.41) is 5.32. The minimum atomic E-state index is -3.72. The number of nitrogens with zero attached hydrogens (tertiary/aromatic N) is 2. The number of hydrogen-bond acceptors (Lipinski definition) is 5. The molecule has 10 heteroatoms. The molecule has 0 radical (unpaired) electrons. The second-order valence-corrected chi connectivity index (χ2v) is 8.92. The van der Waals surface area contributed by atoms with Crippen LogP contribution in [0.2, 0.25) is 0 Å². The highest BCUT2D eigenvalue weighted by Crippen LogP contribution is 2.24. The van der Waals surface area contributed by atoms with Crippen LogP contribution in [0.25, 0.3) is 0 Å². The van der Waals surface area contributed by atoms with Crippen LogP contribution in [-0.4, -0.2) is 49.2 Å². The van der Waals surface area contributed by atoms with E-state index in [9.17, 15) is 22.4 Å². The predicted octanol–water partition coefficient (Wildman–Crippen LogP) is 1.05. The van der Waals surface area contributed by atoms with Gasteiger partial charge in [0.15, 0.2) is 0 Å². The third-order valence-electron chi connectivity index (χ3n) is 4.94. The zero-order chi connectivity index (χ0) is 21.6. The van der Waals surface area contributed by atoms with E-state index in [1.54, 1.807) is 24.5 Å². The minimum absolute atomic E-state index is 0.0256. The molecule has 2 N–H and O–H groups in total. The number of carbonyl (C=O) groups is 2. The van der Waals surface area contributed by atoms with Gasteiger partial charge in [-0.25, -0.2) is 12.8 Å². The molecule has 0 atom stereocenters. The number of halogens is 1. The van der Waals surface area contributed by atoms with Gasteiger partial charge in [-0.05, 0) is 54.8 Å². The smallest absolute Gasteiger partial charge is 0.243 e. The highest BCUT2D eigenvalue weighted by Gasteiger charge is 2.32. The van der Waals surface area contributed by atoms with Gasteiger partial charge in [0.05, 0.1) is 11.4 Å². The average molecular weight is 434 g/mol.